The number of carbonyl (C=O) groups excluding carboxylic acids is 1. The fourth-order valence-electron chi connectivity index (χ4n) is 3.34. The van der Waals surface area contributed by atoms with Gasteiger partial charge in [0.15, 0.2) is 0 Å². The number of piperidine rings is 1. The Morgan fingerprint density at radius 2 is 2.21 bits per heavy atom. The Bertz CT molecular complexity index is 726. The Balaban J connectivity index is 1.81. The molecule has 1 atom stereocenters. The van der Waals surface area contributed by atoms with Crippen molar-refractivity contribution in [3.63, 3.8) is 0 Å². The third-order valence-corrected chi connectivity index (χ3v) is 4.52. The standard InChI is InChI=1S/C18H24N4O2/c1-13-10-17(19)22(20-13)12-18(23)21-9-4-3-8-16(21)14-6-5-7-15(11-14)24-2/h5-7,10-11,16H,3-4,8-9,12,19H2,1-2H3/t16-/m1/s1. The number of hydrogen-bond acceptors (Lipinski definition) is 4. The van der Waals surface area contributed by atoms with E-state index in [9.17, 15) is 4.79 Å². The minimum absolute atomic E-state index is 0.0531. The van der Waals surface area contributed by atoms with Crippen LogP contribution in [0.25, 0.3) is 0 Å². The number of amides is 1. The highest BCUT2D eigenvalue weighted by atomic mass is 16.5. The second-order valence-corrected chi connectivity index (χ2v) is 6.24. The van der Waals surface area contributed by atoms with Crippen molar-refractivity contribution < 1.29 is 9.53 Å². The molecule has 1 aromatic heterocycles. The van der Waals surface area contributed by atoms with E-state index in [1.807, 2.05) is 30.0 Å². The van der Waals surface area contributed by atoms with Gasteiger partial charge < -0.3 is 15.4 Å². The van der Waals surface area contributed by atoms with E-state index in [0.717, 1.165) is 42.8 Å². The Kier molecular flexibility index (Phi) is 4.74. The Hall–Kier alpha value is -2.50. The van der Waals surface area contributed by atoms with Crippen molar-refractivity contribution in [1.82, 2.24) is 14.7 Å². The molecule has 1 aromatic carbocycles. The molecule has 0 aliphatic carbocycles. The van der Waals surface area contributed by atoms with Gasteiger partial charge in [-0.05, 0) is 43.9 Å². The summed E-state index contributed by atoms with van der Waals surface area (Å²) in [6.07, 6.45) is 3.11. The van der Waals surface area contributed by atoms with Crippen molar-refractivity contribution in [3.05, 3.63) is 41.6 Å². The van der Waals surface area contributed by atoms with Gasteiger partial charge in [-0.1, -0.05) is 12.1 Å². The number of aromatic nitrogens is 2. The zero-order chi connectivity index (χ0) is 17.1. The number of methoxy groups -OCH3 is 1. The molecule has 0 unspecified atom stereocenters. The molecule has 6 heteroatoms. The van der Waals surface area contributed by atoms with Crippen molar-refractivity contribution in [2.45, 2.75) is 38.8 Å². The first-order valence-electron chi connectivity index (χ1n) is 8.32. The number of likely N-dealkylation sites (tertiary alicyclic amines) is 1. The molecule has 0 radical (unpaired) electrons. The summed E-state index contributed by atoms with van der Waals surface area (Å²) in [5.74, 6) is 1.39. The van der Waals surface area contributed by atoms with Crippen LogP contribution in [0.3, 0.4) is 0 Å². The zero-order valence-electron chi connectivity index (χ0n) is 14.2. The molecule has 128 valence electrons. The lowest BCUT2D eigenvalue weighted by molar-refractivity contribution is -0.135. The molecular weight excluding hydrogens is 304 g/mol. The summed E-state index contributed by atoms with van der Waals surface area (Å²) >= 11 is 0. The van der Waals surface area contributed by atoms with E-state index in [0.29, 0.717) is 5.82 Å². The Labute approximate surface area is 142 Å². The second-order valence-electron chi connectivity index (χ2n) is 6.24. The minimum Gasteiger partial charge on any atom is -0.497 e. The first kappa shape index (κ1) is 16.4. The quantitative estimate of drug-likeness (QED) is 0.936. The van der Waals surface area contributed by atoms with Crippen LogP contribution in [0.5, 0.6) is 5.75 Å². The van der Waals surface area contributed by atoms with Crippen LogP contribution in [0.2, 0.25) is 0 Å². The van der Waals surface area contributed by atoms with Gasteiger partial charge in [0.1, 0.15) is 18.1 Å². The maximum Gasteiger partial charge on any atom is 0.244 e. The first-order chi connectivity index (χ1) is 11.6. The van der Waals surface area contributed by atoms with E-state index in [1.54, 1.807) is 17.9 Å². The average molecular weight is 328 g/mol. The second kappa shape index (κ2) is 6.95. The maximum atomic E-state index is 12.8. The van der Waals surface area contributed by atoms with Crippen LogP contribution in [0.1, 0.15) is 36.6 Å². The summed E-state index contributed by atoms with van der Waals surface area (Å²) in [7, 11) is 1.66. The number of carbonyl (C=O) groups is 1. The molecule has 2 N–H and O–H groups in total. The van der Waals surface area contributed by atoms with E-state index in [4.69, 9.17) is 10.5 Å². The van der Waals surface area contributed by atoms with E-state index in [1.165, 1.54) is 0 Å². The molecular formula is C18H24N4O2. The highest BCUT2D eigenvalue weighted by Crippen LogP contribution is 2.32. The van der Waals surface area contributed by atoms with Crippen molar-refractivity contribution in [1.29, 1.82) is 0 Å². The lowest BCUT2D eigenvalue weighted by Crippen LogP contribution is -2.40. The summed E-state index contributed by atoms with van der Waals surface area (Å²) in [5.41, 5.74) is 7.86. The minimum atomic E-state index is 0.0531. The summed E-state index contributed by atoms with van der Waals surface area (Å²) in [4.78, 5) is 14.8. The first-order valence-corrected chi connectivity index (χ1v) is 8.32. The fraction of sp³-hybridized carbons (Fsp3) is 0.444. The summed E-state index contributed by atoms with van der Waals surface area (Å²) in [6.45, 7) is 2.82. The topological polar surface area (TPSA) is 73.4 Å². The van der Waals surface area contributed by atoms with E-state index < -0.39 is 0 Å². The lowest BCUT2D eigenvalue weighted by Gasteiger charge is -2.36. The third kappa shape index (κ3) is 3.37. The smallest absolute Gasteiger partial charge is 0.244 e. The number of aryl methyl sites for hydroxylation is 1. The predicted molar refractivity (Wildman–Crippen MR) is 92.7 cm³/mol. The highest BCUT2D eigenvalue weighted by Gasteiger charge is 2.28. The molecule has 2 aromatic rings. The average Bonchev–Trinajstić information content (AvgIpc) is 2.92. The number of nitrogens with two attached hydrogens (primary N) is 1. The summed E-state index contributed by atoms with van der Waals surface area (Å²) in [5, 5.41) is 4.29. The Morgan fingerprint density at radius 1 is 1.38 bits per heavy atom. The predicted octanol–water partition coefficient (Wildman–Crippen LogP) is 2.54. The van der Waals surface area contributed by atoms with Gasteiger partial charge >= 0.3 is 0 Å². The molecule has 0 saturated carbocycles. The van der Waals surface area contributed by atoms with Gasteiger partial charge in [-0.2, -0.15) is 5.10 Å². The molecule has 0 spiro atoms. The van der Waals surface area contributed by atoms with Crippen LogP contribution in [-0.4, -0.2) is 34.2 Å². The van der Waals surface area contributed by atoms with Crippen LogP contribution < -0.4 is 10.5 Å². The van der Waals surface area contributed by atoms with Crippen molar-refractivity contribution in [2.75, 3.05) is 19.4 Å². The molecule has 2 heterocycles. The molecule has 3 rings (SSSR count). The van der Waals surface area contributed by atoms with Gasteiger partial charge in [0.05, 0.1) is 18.8 Å². The van der Waals surface area contributed by atoms with Crippen molar-refractivity contribution >= 4 is 11.7 Å². The van der Waals surface area contributed by atoms with E-state index in [2.05, 4.69) is 11.2 Å². The molecule has 24 heavy (non-hydrogen) atoms. The van der Waals surface area contributed by atoms with Crippen molar-refractivity contribution in [2.24, 2.45) is 0 Å². The van der Waals surface area contributed by atoms with Gasteiger partial charge in [-0.25, -0.2) is 4.68 Å². The van der Waals surface area contributed by atoms with E-state index in [-0.39, 0.29) is 18.5 Å². The number of nitrogens with zero attached hydrogens (tertiary/aromatic N) is 3. The number of nitrogen functional groups attached to an aromatic ring is 1. The SMILES string of the molecule is COc1cccc([C@H]2CCCCN2C(=O)Cn2nc(C)cc2N)c1. The fourth-order valence-corrected chi connectivity index (χ4v) is 3.34. The number of rotatable bonds is 4. The van der Waals surface area contributed by atoms with Crippen LogP contribution in [0.4, 0.5) is 5.82 Å². The van der Waals surface area contributed by atoms with Crippen LogP contribution >= 0.6 is 0 Å². The zero-order valence-corrected chi connectivity index (χ0v) is 14.2. The molecule has 1 aliphatic rings. The van der Waals surface area contributed by atoms with Gasteiger partial charge in [0.25, 0.3) is 0 Å². The van der Waals surface area contributed by atoms with Crippen molar-refractivity contribution in [3.8, 4) is 5.75 Å². The third-order valence-electron chi connectivity index (χ3n) is 4.52. The van der Waals surface area contributed by atoms with Gasteiger partial charge in [0.2, 0.25) is 5.91 Å². The largest absolute Gasteiger partial charge is 0.497 e. The maximum absolute atomic E-state index is 12.8. The molecule has 1 aliphatic heterocycles. The van der Waals surface area contributed by atoms with Crippen LogP contribution in [-0.2, 0) is 11.3 Å². The monoisotopic (exact) mass is 328 g/mol. The number of hydrogen-bond donors (Lipinski definition) is 1. The Morgan fingerprint density at radius 3 is 2.92 bits per heavy atom. The summed E-state index contributed by atoms with van der Waals surface area (Å²) < 4.78 is 6.90. The number of anilines is 1. The lowest BCUT2D eigenvalue weighted by atomic mass is 9.95. The van der Waals surface area contributed by atoms with Gasteiger partial charge in [0, 0.05) is 12.6 Å². The van der Waals surface area contributed by atoms with E-state index >= 15 is 0 Å². The van der Waals surface area contributed by atoms with Gasteiger partial charge in [-0.15, -0.1) is 0 Å². The molecule has 6 nitrogen and oxygen atoms in total. The number of benzene rings is 1. The molecule has 1 saturated heterocycles. The molecule has 1 fully saturated rings. The summed E-state index contributed by atoms with van der Waals surface area (Å²) in [6, 6.07) is 9.84. The molecule has 0 bridgehead atoms. The number of ether oxygens (including phenoxy) is 1. The highest BCUT2D eigenvalue weighted by molar-refractivity contribution is 5.77. The van der Waals surface area contributed by atoms with Crippen LogP contribution in [0, 0.1) is 6.92 Å². The normalized spacial score (nSPS) is 17.8. The van der Waals surface area contributed by atoms with Crippen LogP contribution in [0.15, 0.2) is 30.3 Å². The molecule has 1 amide bonds. The van der Waals surface area contributed by atoms with Gasteiger partial charge in [-0.3, -0.25) is 4.79 Å².